The van der Waals surface area contributed by atoms with Gasteiger partial charge in [-0.3, -0.25) is 9.80 Å². The topological polar surface area (TPSA) is 63.8 Å². The highest BCUT2D eigenvalue weighted by molar-refractivity contribution is 5.75. The van der Waals surface area contributed by atoms with Crippen LogP contribution < -0.4 is 0 Å². The minimum atomic E-state index is -0.0777. The van der Waals surface area contributed by atoms with E-state index in [1.54, 1.807) is 0 Å². The molecule has 2 fully saturated rings. The molecule has 6 nitrogen and oxygen atoms in total. The summed E-state index contributed by atoms with van der Waals surface area (Å²) in [5.74, 6) is 2.12. The van der Waals surface area contributed by atoms with Gasteiger partial charge in [0, 0.05) is 11.1 Å². The molecule has 2 saturated heterocycles. The minimum Gasteiger partial charge on any atom is -0.341 e. The Balaban J connectivity index is 1.25. The monoisotopic (exact) mass is 580 g/mol. The molecule has 0 bridgehead atoms. The second-order valence-corrected chi connectivity index (χ2v) is 12.8. The van der Waals surface area contributed by atoms with Crippen molar-refractivity contribution in [3.8, 4) is 0 Å². The van der Waals surface area contributed by atoms with Crippen LogP contribution in [0.25, 0.3) is 22.1 Å². The lowest BCUT2D eigenvalue weighted by Crippen LogP contribution is -2.68. The first kappa shape index (κ1) is 27.3. The van der Waals surface area contributed by atoms with Crippen LogP contribution in [0.5, 0.6) is 0 Å². The second-order valence-electron chi connectivity index (χ2n) is 12.8. The summed E-state index contributed by atoms with van der Waals surface area (Å²) in [7, 11) is 0. The van der Waals surface area contributed by atoms with Gasteiger partial charge in [0.25, 0.3) is 0 Å². The molecule has 8 rings (SSSR count). The van der Waals surface area contributed by atoms with Crippen LogP contribution in [0.4, 0.5) is 0 Å². The van der Waals surface area contributed by atoms with E-state index in [-0.39, 0.29) is 11.1 Å². The molecule has 0 saturated carbocycles. The van der Waals surface area contributed by atoms with Crippen molar-refractivity contribution in [2.45, 2.75) is 62.7 Å². The SMILES string of the molecule is c1ccc(C[C@]2([C@@]3(Cc4ccccc4)CCCN3Cc3nc4ccccc4[nH]3)CCCN2Cc2nc3ccccc3[nH]2)cc1. The molecule has 2 aliphatic heterocycles. The highest BCUT2D eigenvalue weighted by Gasteiger charge is 2.60. The molecule has 6 aromatic rings. The van der Waals surface area contributed by atoms with Gasteiger partial charge in [-0.2, -0.15) is 0 Å². The van der Waals surface area contributed by atoms with Gasteiger partial charge < -0.3 is 9.97 Å². The smallest absolute Gasteiger partial charge is 0.121 e. The normalized spacial score (nSPS) is 22.8. The Bertz CT molecular complexity index is 1660. The van der Waals surface area contributed by atoms with Crippen molar-refractivity contribution >= 4 is 22.1 Å². The Kier molecular flexibility index (Phi) is 7.04. The van der Waals surface area contributed by atoms with E-state index in [9.17, 15) is 0 Å². The number of aromatic nitrogens is 4. The predicted octanol–water partition coefficient (Wildman–Crippen LogP) is 7.29. The molecule has 44 heavy (non-hydrogen) atoms. The van der Waals surface area contributed by atoms with Crippen LogP contribution in [-0.2, 0) is 25.9 Å². The fraction of sp³-hybridized carbons (Fsp3) is 0.316. The summed E-state index contributed by atoms with van der Waals surface area (Å²) in [5, 5.41) is 0. The molecular formula is C38H40N6. The van der Waals surface area contributed by atoms with E-state index in [0.717, 1.165) is 85.6 Å². The molecule has 0 radical (unpaired) electrons. The molecule has 0 spiro atoms. The van der Waals surface area contributed by atoms with Gasteiger partial charge in [0.15, 0.2) is 0 Å². The number of benzene rings is 4. The average molecular weight is 581 g/mol. The Morgan fingerprint density at radius 2 is 0.932 bits per heavy atom. The molecule has 4 aromatic carbocycles. The number of aromatic amines is 2. The fourth-order valence-electron chi connectivity index (χ4n) is 8.50. The van der Waals surface area contributed by atoms with Gasteiger partial charge in [-0.1, -0.05) is 84.9 Å². The molecule has 2 atom stereocenters. The van der Waals surface area contributed by atoms with Crippen molar-refractivity contribution in [1.82, 2.24) is 29.7 Å². The maximum Gasteiger partial charge on any atom is 0.121 e. The third-order valence-electron chi connectivity index (χ3n) is 10.4. The molecule has 0 unspecified atom stereocenters. The summed E-state index contributed by atoms with van der Waals surface area (Å²) in [4.78, 5) is 23.1. The molecular weight excluding hydrogens is 540 g/mol. The number of hydrogen-bond acceptors (Lipinski definition) is 4. The van der Waals surface area contributed by atoms with Crippen molar-refractivity contribution in [1.29, 1.82) is 0 Å². The van der Waals surface area contributed by atoms with Crippen molar-refractivity contribution in [2.75, 3.05) is 13.1 Å². The standard InChI is InChI=1S/C38H40N6/c1-3-13-29(14-4-1)25-37(21-11-23-43(37)27-35-39-31-17-7-8-18-32(31)40-35)38(26-30-15-5-2-6-16-30)22-12-24-44(38)28-36-41-33-19-9-10-20-34(33)42-36/h1-10,13-20H,11-12,21-28H2,(H,39,40)(H,41,42)/t37-,38-/m0/s1. The summed E-state index contributed by atoms with van der Waals surface area (Å²) in [5.41, 5.74) is 6.98. The Morgan fingerprint density at radius 1 is 0.523 bits per heavy atom. The average Bonchev–Trinajstić information content (AvgIpc) is 3.84. The summed E-state index contributed by atoms with van der Waals surface area (Å²) in [6.45, 7) is 3.77. The number of imidazole rings is 2. The second kappa shape index (κ2) is 11.3. The quantitative estimate of drug-likeness (QED) is 0.188. The van der Waals surface area contributed by atoms with E-state index in [1.807, 2.05) is 0 Å². The number of hydrogen-bond donors (Lipinski definition) is 2. The lowest BCUT2D eigenvalue weighted by molar-refractivity contribution is -0.0454. The zero-order valence-electron chi connectivity index (χ0n) is 25.3. The lowest BCUT2D eigenvalue weighted by atomic mass is 9.66. The van der Waals surface area contributed by atoms with Crippen LogP contribution in [0.2, 0.25) is 0 Å². The molecule has 0 amide bonds. The molecule has 2 aliphatic rings. The number of nitrogens with one attached hydrogen (secondary N) is 2. The first-order valence-electron chi connectivity index (χ1n) is 16.2. The Hall–Kier alpha value is -4.26. The van der Waals surface area contributed by atoms with Crippen LogP contribution in [0, 0.1) is 0 Å². The maximum absolute atomic E-state index is 5.07. The summed E-state index contributed by atoms with van der Waals surface area (Å²) >= 11 is 0. The largest absolute Gasteiger partial charge is 0.341 e. The molecule has 6 heteroatoms. The number of nitrogens with zero attached hydrogens (tertiary/aromatic N) is 4. The highest BCUT2D eigenvalue weighted by Crippen LogP contribution is 2.52. The van der Waals surface area contributed by atoms with Crippen LogP contribution in [0.1, 0.15) is 48.5 Å². The van der Waals surface area contributed by atoms with Gasteiger partial charge in [0.2, 0.25) is 0 Å². The van der Waals surface area contributed by atoms with Crippen molar-refractivity contribution in [3.63, 3.8) is 0 Å². The Morgan fingerprint density at radius 3 is 1.36 bits per heavy atom. The Labute approximate surface area is 259 Å². The van der Waals surface area contributed by atoms with Gasteiger partial charge >= 0.3 is 0 Å². The minimum absolute atomic E-state index is 0.0777. The number of para-hydroxylation sites is 4. The zero-order chi connectivity index (χ0) is 29.4. The van der Waals surface area contributed by atoms with Crippen LogP contribution in [0.3, 0.4) is 0 Å². The number of H-pyrrole nitrogens is 2. The van der Waals surface area contributed by atoms with Crippen LogP contribution >= 0.6 is 0 Å². The predicted molar refractivity (Wildman–Crippen MR) is 177 cm³/mol. The van der Waals surface area contributed by atoms with Crippen molar-refractivity contribution < 1.29 is 0 Å². The number of likely N-dealkylation sites (tertiary alicyclic amines) is 2. The fourth-order valence-corrected chi connectivity index (χ4v) is 8.50. The third kappa shape index (κ3) is 4.83. The molecule has 4 heterocycles. The van der Waals surface area contributed by atoms with E-state index in [4.69, 9.17) is 9.97 Å². The first-order valence-corrected chi connectivity index (χ1v) is 16.2. The van der Waals surface area contributed by atoms with Crippen LogP contribution in [0.15, 0.2) is 109 Å². The summed E-state index contributed by atoms with van der Waals surface area (Å²) in [6, 6.07) is 39.2. The van der Waals surface area contributed by atoms with Gasteiger partial charge in [0.1, 0.15) is 11.6 Å². The van der Waals surface area contributed by atoms with Gasteiger partial charge in [-0.05, 0) is 87.0 Å². The highest BCUT2D eigenvalue weighted by atomic mass is 15.3. The van der Waals surface area contributed by atoms with Gasteiger partial charge in [-0.25, -0.2) is 9.97 Å². The first-order chi connectivity index (χ1) is 21.7. The number of rotatable bonds is 9. The number of fused-ring (bicyclic) bond motifs is 2. The van der Waals surface area contributed by atoms with Crippen molar-refractivity contribution in [3.05, 3.63) is 132 Å². The van der Waals surface area contributed by atoms with E-state index in [2.05, 4.69) is 129 Å². The summed E-state index contributed by atoms with van der Waals surface area (Å²) < 4.78 is 0. The third-order valence-corrected chi connectivity index (χ3v) is 10.4. The van der Waals surface area contributed by atoms with E-state index in [0.29, 0.717) is 0 Å². The molecule has 222 valence electrons. The summed E-state index contributed by atoms with van der Waals surface area (Å²) in [6.07, 6.45) is 6.70. The van der Waals surface area contributed by atoms with E-state index < -0.39 is 0 Å². The van der Waals surface area contributed by atoms with E-state index in [1.165, 1.54) is 24.0 Å². The van der Waals surface area contributed by atoms with Gasteiger partial charge in [0.05, 0.1) is 35.2 Å². The maximum atomic E-state index is 5.07. The van der Waals surface area contributed by atoms with Gasteiger partial charge in [-0.15, -0.1) is 0 Å². The lowest BCUT2D eigenvalue weighted by Gasteiger charge is -2.56. The molecule has 2 aromatic heterocycles. The molecule has 2 N–H and O–H groups in total. The zero-order valence-corrected chi connectivity index (χ0v) is 25.3. The van der Waals surface area contributed by atoms with Crippen LogP contribution in [-0.4, -0.2) is 53.9 Å². The molecule has 0 aliphatic carbocycles. The van der Waals surface area contributed by atoms with Crippen molar-refractivity contribution in [2.24, 2.45) is 0 Å². The van der Waals surface area contributed by atoms with E-state index >= 15 is 0 Å².